The Morgan fingerprint density at radius 2 is 1.81 bits per heavy atom. The molecule has 0 aliphatic carbocycles. The van der Waals surface area contributed by atoms with Gasteiger partial charge in [0.15, 0.2) is 0 Å². The first-order valence-electron chi connectivity index (χ1n) is 8.51. The van der Waals surface area contributed by atoms with E-state index in [0.717, 1.165) is 34.3 Å². The van der Waals surface area contributed by atoms with Crippen molar-refractivity contribution in [3.8, 4) is 5.75 Å². The number of nitrogens with one attached hydrogen (secondary N) is 1. The third-order valence-electron chi connectivity index (χ3n) is 4.02. The van der Waals surface area contributed by atoms with Gasteiger partial charge in [-0.05, 0) is 67.6 Å². The van der Waals surface area contributed by atoms with E-state index in [1.165, 1.54) is 16.7 Å². The highest BCUT2D eigenvalue weighted by molar-refractivity contribution is 9.11. The van der Waals surface area contributed by atoms with Crippen LogP contribution in [-0.2, 0) is 19.6 Å². The molecular weight excluding hydrogens is 458 g/mol. The number of halogens is 2. The molecule has 0 atom stereocenters. The molecule has 6 heteroatoms. The number of ether oxygens (including phenoxy) is 1. The van der Waals surface area contributed by atoms with Crippen molar-refractivity contribution in [2.75, 3.05) is 6.61 Å². The number of nitrogens with zero attached hydrogens (tertiary/aromatic N) is 2. The van der Waals surface area contributed by atoms with Crippen LogP contribution in [0.1, 0.15) is 23.6 Å². The van der Waals surface area contributed by atoms with Gasteiger partial charge in [0.05, 0.1) is 21.9 Å². The summed E-state index contributed by atoms with van der Waals surface area (Å²) in [5, 5.41) is 3.54. The summed E-state index contributed by atoms with van der Waals surface area (Å²) in [6, 6.07) is 12.7. The van der Waals surface area contributed by atoms with Gasteiger partial charge in [-0.15, -0.1) is 0 Å². The van der Waals surface area contributed by atoms with E-state index in [-0.39, 0.29) is 0 Å². The van der Waals surface area contributed by atoms with E-state index in [4.69, 9.17) is 4.74 Å². The zero-order valence-electron chi connectivity index (χ0n) is 14.6. The topological polar surface area (TPSA) is 39.1 Å². The Morgan fingerprint density at radius 1 is 1.08 bits per heavy atom. The molecule has 3 rings (SSSR count). The number of hydrogen-bond donors (Lipinski definition) is 1. The molecule has 2 aromatic carbocycles. The van der Waals surface area contributed by atoms with Gasteiger partial charge in [0, 0.05) is 32.0 Å². The van der Waals surface area contributed by atoms with Crippen LogP contribution in [0.25, 0.3) is 0 Å². The quantitative estimate of drug-likeness (QED) is 0.486. The van der Waals surface area contributed by atoms with Gasteiger partial charge in [0.1, 0.15) is 5.75 Å². The van der Waals surface area contributed by atoms with Crippen LogP contribution in [0, 0.1) is 0 Å². The molecule has 0 saturated heterocycles. The Morgan fingerprint density at radius 3 is 2.46 bits per heavy atom. The zero-order chi connectivity index (χ0) is 18.4. The molecule has 0 aliphatic rings. The fourth-order valence-corrected chi connectivity index (χ4v) is 4.31. The summed E-state index contributed by atoms with van der Waals surface area (Å²) in [7, 11) is 0. The number of aromatic nitrogens is 2. The van der Waals surface area contributed by atoms with Crippen molar-refractivity contribution in [1.82, 2.24) is 14.9 Å². The Labute approximate surface area is 170 Å². The number of benzene rings is 2. The lowest BCUT2D eigenvalue weighted by molar-refractivity contribution is 0.336. The average molecular weight is 479 g/mol. The summed E-state index contributed by atoms with van der Waals surface area (Å²) < 4.78 is 9.65. The van der Waals surface area contributed by atoms with Crippen molar-refractivity contribution in [3.63, 3.8) is 0 Å². The summed E-state index contributed by atoms with van der Waals surface area (Å²) in [6.45, 7) is 5.05. The van der Waals surface area contributed by atoms with Crippen LogP contribution in [0.5, 0.6) is 5.75 Å². The second-order valence-electron chi connectivity index (χ2n) is 5.93. The first kappa shape index (κ1) is 19.1. The van der Waals surface area contributed by atoms with E-state index in [0.29, 0.717) is 6.61 Å². The molecule has 26 heavy (non-hydrogen) atoms. The largest absolute Gasteiger partial charge is 0.492 e. The summed E-state index contributed by atoms with van der Waals surface area (Å²) in [5.41, 5.74) is 3.79. The SMILES string of the molecule is CCOc1c(Br)cc(CNCc2ccccc2Cn2ccnc2)cc1Br. The third-order valence-corrected chi connectivity index (χ3v) is 5.20. The number of rotatable bonds is 8. The van der Waals surface area contributed by atoms with Crippen LogP contribution < -0.4 is 10.1 Å². The van der Waals surface area contributed by atoms with E-state index in [9.17, 15) is 0 Å². The second-order valence-corrected chi connectivity index (χ2v) is 7.64. The lowest BCUT2D eigenvalue weighted by Gasteiger charge is -2.13. The Bertz CT molecular complexity index is 827. The second kappa shape index (κ2) is 9.35. The van der Waals surface area contributed by atoms with Gasteiger partial charge in [-0.2, -0.15) is 0 Å². The van der Waals surface area contributed by atoms with Crippen LogP contribution in [0.3, 0.4) is 0 Å². The summed E-state index contributed by atoms with van der Waals surface area (Å²) >= 11 is 7.18. The molecule has 1 aromatic heterocycles. The van der Waals surface area contributed by atoms with Crippen LogP contribution in [0.4, 0.5) is 0 Å². The van der Waals surface area contributed by atoms with E-state index in [2.05, 4.69) is 83.1 Å². The monoisotopic (exact) mass is 477 g/mol. The molecule has 1 heterocycles. The Balaban J connectivity index is 1.63. The maximum Gasteiger partial charge on any atom is 0.147 e. The predicted molar refractivity (Wildman–Crippen MR) is 111 cm³/mol. The minimum Gasteiger partial charge on any atom is -0.492 e. The van der Waals surface area contributed by atoms with Crippen LogP contribution >= 0.6 is 31.9 Å². The van der Waals surface area contributed by atoms with Crippen molar-refractivity contribution in [2.24, 2.45) is 0 Å². The highest BCUT2D eigenvalue weighted by atomic mass is 79.9. The predicted octanol–water partition coefficient (Wildman–Crippen LogP) is 5.14. The summed E-state index contributed by atoms with van der Waals surface area (Å²) in [6.07, 6.45) is 5.64. The van der Waals surface area contributed by atoms with Crippen LogP contribution in [-0.4, -0.2) is 16.2 Å². The van der Waals surface area contributed by atoms with Crippen molar-refractivity contribution in [2.45, 2.75) is 26.6 Å². The number of imidazole rings is 1. The fraction of sp³-hybridized carbons (Fsp3) is 0.250. The van der Waals surface area contributed by atoms with Gasteiger partial charge >= 0.3 is 0 Å². The maximum atomic E-state index is 5.64. The molecule has 0 aliphatic heterocycles. The van der Waals surface area contributed by atoms with Gasteiger partial charge in [-0.3, -0.25) is 0 Å². The molecule has 0 unspecified atom stereocenters. The third kappa shape index (κ3) is 4.96. The van der Waals surface area contributed by atoms with Crippen molar-refractivity contribution < 1.29 is 4.74 Å². The van der Waals surface area contributed by atoms with Gasteiger partial charge in [0.25, 0.3) is 0 Å². The molecule has 4 nitrogen and oxygen atoms in total. The molecule has 0 saturated carbocycles. The van der Waals surface area contributed by atoms with Gasteiger partial charge in [-0.1, -0.05) is 24.3 Å². The molecule has 0 fully saturated rings. The van der Waals surface area contributed by atoms with Crippen LogP contribution in [0.2, 0.25) is 0 Å². The molecule has 0 bridgehead atoms. The van der Waals surface area contributed by atoms with E-state index < -0.39 is 0 Å². The van der Waals surface area contributed by atoms with Gasteiger partial charge in [-0.25, -0.2) is 4.98 Å². The Kier molecular flexibility index (Phi) is 6.88. The highest BCUT2D eigenvalue weighted by Crippen LogP contribution is 2.34. The van der Waals surface area contributed by atoms with Crippen molar-refractivity contribution in [3.05, 3.63) is 80.8 Å². The van der Waals surface area contributed by atoms with E-state index in [1.54, 1.807) is 0 Å². The molecular formula is C20H21Br2N3O. The lowest BCUT2D eigenvalue weighted by Crippen LogP contribution is -2.15. The molecule has 0 amide bonds. The van der Waals surface area contributed by atoms with E-state index in [1.807, 2.05) is 25.6 Å². The van der Waals surface area contributed by atoms with Crippen LogP contribution in [0.15, 0.2) is 64.1 Å². The van der Waals surface area contributed by atoms with Crippen molar-refractivity contribution >= 4 is 31.9 Å². The first-order valence-corrected chi connectivity index (χ1v) is 10.1. The smallest absolute Gasteiger partial charge is 0.147 e. The van der Waals surface area contributed by atoms with E-state index >= 15 is 0 Å². The molecule has 3 aromatic rings. The molecule has 1 N–H and O–H groups in total. The molecule has 0 spiro atoms. The first-order chi connectivity index (χ1) is 12.7. The fourth-order valence-electron chi connectivity index (χ4n) is 2.80. The van der Waals surface area contributed by atoms with Crippen molar-refractivity contribution in [1.29, 1.82) is 0 Å². The highest BCUT2D eigenvalue weighted by Gasteiger charge is 2.09. The lowest BCUT2D eigenvalue weighted by atomic mass is 10.1. The number of hydrogen-bond acceptors (Lipinski definition) is 3. The van der Waals surface area contributed by atoms with Gasteiger partial charge in [0.2, 0.25) is 0 Å². The molecule has 0 radical (unpaired) electrons. The summed E-state index contributed by atoms with van der Waals surface area (Å²) in [5.74, 6) is 0.849. The minimum absolute atomic E-state index is 0.641. The standard InChI is InChI=1S/C20H21Br2N3O/c1-2-26-20-18(21)9-15(10-19(20)22)11-24-12-16-5-3-4-6-17(16)13-25-8-7-23-14-25/h3-10,14,24H,2,11-13H2,1H3. The molecule has 136 valence electrons. The van der Waals surface area contributed by atoms with Gasteiger partial charge < -0.3 is 14.6 Å². The average Bonchev–Trinajstić information content (AvgIpc) is 3.13. The normalized spacial score (nSPS) is 10.9. The zero-order valence-corrected chi connectivity index (χ0v) is 17.8. The Hall–Kier alpha value is -1.63. The summed E-state index contributed by atoms with van der Waals surface area (Å²) in [4.78, 5) is 4.11. The minimum atomic E-state index is 0.641. The maximum absolute atomic E-state index is 5.64.